The number of esters is 1. The highest BCUT2D eigenvalue weighted by atomic mass is 35.5. The fraction of sp³-hybridized carbons (Fsp3) is 0.478. The molecule has 0 radical (unpaired) electrons. The zero-order chi connectivity index (χ0) is 22.1. The number of aryl methyl sites for hydroxylation is 1. The van der Waals surface area contributed by atoms with Crippen molar-refractivity contribution in [3.8, 4) is 5.75 Å². The molecular weight excluding hydrogens is 422 g/mol. The number of anilines is 1. The van der Waals surface area contributed by atoms with E-state index in [1.165, 1.54) is 18.4 Å². The van der Waals surface area contributed by atoms with Crippen LogP contribution in [0, 0.1) is 18.3 Å². The predicted octanol–water partition coefficient (Wildman–Crippen LogP) is 5.67. The molecule has 30 heavy (non-hydrogen) atoms. The number of benzene rings is 1. The van der Waals surface area contributed by atoms with E-state index in [2.05, 4.69) is 26.1 Å². The van der Waals surface area contributed by atoms with Crippen LogP contribution in [0.5, 0.6) is 5.75 Å². The van der Waals surface area contributed by atoms with Crippen molar-refractivity contribution in [1.29, 1.82) is 0 Å². The van der Waals surface area contributed by atoms with Crippen LogP contribution in [0.1, 0.15) is 53.6 Å². The summed E-state index contributed by atoms with van der Waals surface area (Å²) in [5.74, 6) is 0.373. The van der Waals surface area contributed by atoms with Gasteiger partial charge in [-0.2, -0.15) is 0 Å². The first-order chi connectivity index (χ1) is 14.1. The average Bonchev–Trinajstić information content (AvgIpc) is 3.04. The van der Waals surface area contributed by atoms with Gasteiger partial charge in [-0.1, -0.05) is 32.4 Å². The molecule has 0 saturated heterocycles. The van der Waals surface area contributed by atoms with E-state index < -0.39 is 5.97 Å². The Morgan fingerprint density at radius 2 is 2.03 bits per heavy atom. The normalized spacial score (nSPS) is 16.0. The number of hydrogen-bond donors (Lipinski definition) is 1. The summed E-state index contributed by atoms with van der Waals surface area (Å²) in [6.45, 7) is 8.45. The van der Waals surface area contributed by atoms with E-state index in [9.17, 15) is 9.59 Å². The predicted molar refractivity (Wildman–Crippen MR) is 121 cm³/mol. The Kier molecular flexibility index (Phi) is 6.78. The minimum absolute atomic E-state index is 0.158. The lowest BCUT2D eigenvalue weighted by atomic mass is 9.72. The molecule has 1 amide bonds. The Morgan fingerprint density at radius 3 is 2.67 bits per heavy atom. The number of fused-ring (bicyclic) bond motifs is 1. The van der Waals surface area contributed by atoms with E-state index >= 15 is 0 Å². The Morgan fingerprint density at radius 1 is 1.30 bits per heavy atom. The van der Waals surface area contributed by atoms with Crippen LogP contribution in [0.3, 0.4) is 0 Å². The third-order valence-electron chi connectivity index (χ3n) is 5.63. The molecule has 3 rings (SSSR count). The van der Waals surface area contributed by atoms with E-state index in [4.69, 9.17) is 21.1 Å². The molecule has 0 spiro atoms. The van der Waals surface area contributed by atoms with Crippen LogP contribution < -0.4 is 10.1 Å². The molecule has 5 nitrogen and oxygen atoms in total. The molecule has 2 aromatic rings. The lowest BCUT2D eigenvalue weighted by Crippen LogP contribution is -2.26. The number of carbonyl (C=O) groups excluding carboxylic acids is 2. The van der Waals surface area contributed by atoms with Crippen LogP contribution in [0.15, 0.2) is 18.2 Å². The first-order valence-corrected chi connectivity index (χ1v) is 11.2. The second-order valence-corrected chi connectivity index (χ2v) is 10.3. The number of ether oxygens (including phenoxy) is 2. The number of hydrogen-bond acceptors (Lipinski definition) is 5. The molecule has 1 unspecified atom stereocenters. The van der Waals surface area contributed by atoms with Gasteiger partial charge >= 0.3 is 5.97 Å². The van der Waals surface area contributed by atoms with Crippen molar-refractivity contribution in [2.24, 2.45) is 11.3 Å². The summed E-state index contributed by atoms with van der Waals surface area (Å²) in [5, 5.41) is 4.05. The number of rotatable bonds is 5. The molecule has 1 aromatic heterocycles. The Balaban J connectivity index is 1.76. The van der Waals surface area contributed by atoms with E-state index in [0.29, 0.717) is 27.3 Å². The summed E-state index contributed by atoms with van der Waals surface area (Å²) in [6, 6.07) is 5.24. The second kappa shape index (κ2) is 8.98. The maximum absolute atomic E-state index is 12.5. The van der Waals surface area contributed by atoms with Crippen LogP contribution in [0.25, 0.3) is 0 Å². The van der Waals surface area contributed by atoms with Crippen LogP contribution in [-0.4, -0.2) is 25.6 Å². The third kappa shape index (κ3) is 4.98. The molecule has 1 aromatic carbocycles. The number of nitrogens with one attached hydrogen (secondary N) is 1. The monoisotopic (exact) mass is 449 g/mol. The van der Waals surface area contributed by atoms with Gasteiger partial charge in [0.15, 0.2) is 6.61 Å². The molecule has 1 aliphatic carbocycles. The second-order valence-electron chi connectivity index (χ2n) is 8.75. The Hall–Kier alpha value is -2.05. The first kappa shape index (κ1) is 22.6. The lowest BCUT2D eigenvalue weighted by Gasteiger charge is -2.33. The van der Waals surface area contributed by atoms with Gasteiger partial charge in [-0.15, -0.1) is 11.3 Å². The minimum Gasteiger partial charge on any atom is -0.484 e. The number of amides is 1. The Bertz CT molecular complexity index is 961. The highest BCUT2D eigenvalue weighted by molar-refractivity contribution is 7.17. The van der Waals surface area contributed by atoms with Crippen LogP contribution >= 0.6 is 22.9 Å². The third-order valence-corrected chi connectivity index (χ3v) is 7.23. The van der Waals surface area contributed by atoms with E-state index in [1.807, 2.05) is 6.92 Å². The van der Waals surface area contributed by atoms with E-state index in [-0.39, 0.29) is 17.9 Å². The number of thiophene rings is 1. The van der Waals surface area contributed by atoms with Crippen molar-refractivity contribution in [2.75, 3.05) is 19.0 Å². The number of carbonyl (C=O) groups is 2. The zero-order valence-corrected chi connectivity index (χ0v) is 19.6. The molecule has 0 aliphatic heterocycles. The largest absolute Gasteiger partial charge is 0.484 e. The van der Waals surface area contributed by atoms with Gasteiger partial charge in [0.05, 0.1) is 12.7 Å². The van der Waals surface area contributed by atoms with Crippen LogP contribution in [0.4, 0.5) is 5.00 Å². The lowest BCUT2D eigenvalue weighted by molar-refractivity contribution is -0.118. The maximum atomic E-state index is 12.5. The topological polar surface area (TPSA) is 64.6 Å². The van der Waals surface area contributed by atoms with E-state index in [1.54, 1.807) is 18.2 Å². The van der Waals surface area contributed by atoms with Crippen molar-refractivity contribution in [2.45, 2.75) is 47.0 Å². The summed E-state index contributed by atoms with van der Waals surface area (Å²) in [5.41, 5.74) is 2.57. The summed E-state index contributed by atoms with van der Waals surface area (Å²) >= 11 is 7.50. The van der Waals surface area contributed by atoms with Gasteiger partial charge in [-0.3, -0.25) is 4.79 Å². The minimum atomic E-state index is -0.411. The number of halogens is 1. The van der Waals surface area contributed by atoms with Crippen LogP contribution in [0.2, 0.25) is 5.02 Å². The van der Waals surface area contributed by atoms with Gasteiger partial charge in [0, 0.05) is 9.90 Å². The summed E-state index contributed by atoms with van der Waals surface area (Å²) in [6.07, 6.45) is 2.74. The van der Waals surface area contributed by atoms with Gasteiger partial charge in [0.1, 0.15) is 10.8 Å². The zero-order valence-electron chi connectivity index (χ0n) is 18.1. The highest BCUT2D eigenvalue weighted by Gasteiger charge is 2.34. The maximum Gasteiger partial charge on any atom is 0.341 e. The molecule has 0 bridgehead atoms. The molecule has 1 N–H and O–H groups in total. The molecule has 0 fully saturated rings. The number of methoxy groups -OCH3 is 1. The smallest absolute Gasteiger partial charge is 0.341 e. The Labute approximate surface area is 186 Å². The van der Waals surface area contributed by atoms with Gasteiger partial charge < -0.3 is 14.8 Å². The van der Waals surface area contributed by atoms with Gasteiger partial charge in [0.2, 0.25) is 0 Å². The first-order valence-electron chi connectivity index (χ1n) is 10.0. The molecule has 162 valence electrons. The van der Waals surface area contributed by atoms with Crippen molar-refractivity contribution in [1.82, 2.24) is 0 Å². The summed E-state index contributed by atoms with van der Waals surface area (Å²) in [4.78, 5) is 26.2. The van der Waals surface area contributed by atoms with Crippen molar-refractivity contribution in [3.63, 3.8) is 0 Å². The van der Waals surface area contributed by atoms with Crippen molar-refractivity contribution < 1.29 is 19.1 Å². The summed E-state index contributed by atoms with van der Waals surface area (Å²) in [7, 11) is 1.37. The molecule has 1 heterocycles. The fourth-order valence-electron chi connectivity index (χ4n) is 3.75. The van der Waals surface area contributed by atoms with Crippen molar-refractivity contribution in [3.05, 3.63) is 44.8 Å². The summed E-state index contributed by atoms with van der Waals surface area (Å²) < 4.78 is 10.6. The molecular formula is C23H28ClNO4S. The quantitative estimate of drug-likeness (QED) is 0.597. The van der Waals surface area contributed by atoms with Crippen molar-refractivity contribution >= 4 is 39.8 Å². The van der Waals surface area contributed by atoms with E-state index in [0.717, 1.165) is 35.3 Å². The fourth-order valence-corrected chi connectivity index (χ4v) is 5.20. The van der Waals surface area contributed by atoms with Crippen LogP contribution in [-0.2, 0) is 22.4 Å². The van der Waals surface area contributed by atoms with Gasteiger partial charge in [-0.05, 0) is 66.8 Å². The molecule has 1 aliphatic rings. The standard InChI is InChI=1S/C23H28ClNO4S/c1-13-10-15(7-9-17(13)24)29-12-19(26)25-21-20(22(27)28-5)16-8-6-14(23(2,3)4)11-18(16)30-21/h7,9-10,14H,6,8,11-12H2,1-5H3,(H,25,26). The SMILES string of the molecule is COC(=O)c1c(NC(=O)COc2ccc(Cl)c(C)c2)sc2c1CCC(C(C)(C)C)C2. The van der Waals surface area contributed by atoms with Gasteiger partial charge in [-0.25, -0.2) is 4.79 Å². The molecule has 7 heteroatoms. The highest BCUT2D eigenvalue weighted by Crippen LogP contribution is 2.44. The van der Waals surface area contributed by atoms with Gasteiger partial charge in [0.25, 0.3) is 5.91 Å². The average molecular weight is 450 g/mol. The molecule has 1 atom stereocenters. The molecule has 0 saturated carbocycles.